The lowest BCUT2D eigenvalue weighted by molar-refractivity contribution is 0.327. The van der Waals surface area contributed by atoms with E-state index in [1.54, 1.807) is 0 Å². The van der Waals surface area contributed by atoms with Gasteiger partial charge in [0.15, 0.2) is 0 Å². The fourth-order valence-corrected chi connectivity index (χ4v) is 3.42. The second-order valence-electron chi connectivity index (χ2n) is 6.01. The highest BCUT2D eigenvalue weighted by atomic mass is 32.2. The van der Waals surface area contributed by atoms with Crippen LogP contribution < -0.4 is 5.73 Å². The van der Waals surface area contributed by atoms with Crippen molar-refractivity contribution in [3.63, 3.8) is 0 Å². The Labute approximate surface area is 137 Å². The predicted octanol–water partition coefficient (Wildman–Crippen LogP) is 2.71. The quantitative estimate of drug-likeness (QED) is 0.870. The molecule has 0 aliphatic rings. The van der Waals surface area contributed by atoms with Crippen LogP contribution in [0.2, 0.25) is 0 Å². The Morgan fingerprint density at radius 2 is 1.96 bits per heavy atom. The summed E-state index contributed by atoms with van der Waals surface area (Å²) in [5.74, 6) is 0.129. The number of nitrogens with two attached hydrogens (primary N) is 1. The topological polar surface area (TPSA) is 99.1 Å². The molecule has 0 aliphatic heterocycles. The van der Waals surface area contributed by atoms with E-state index in [2.05, 4.69) is 10.2 Å². The number of aryl methyl sites for hydroxylation is 2. The van der Waals surface area contributed by atoms with Gasteiger partial charge in [0, 0.05) is 0 Å². The molecule has 2 N–H and O–H groups in total. The third kappa shape index (κ3) is 3.97. The Balaban J connectivity index is 2.27. The lowest BCUT2D eigenvalue weighted by Crippen LogP contribution is -2.18. The number of benzene rings is 1. The summed E-state index contributed by atoms with van der Waals surface area (Å²) in [7, 11) is -3.69. The SMILES string of the molecule is CCC(C)C(N)c1nnc(S(=O)(=O)Cc2cc(C)ccc2C)o1. The van der Waals surface area contributed by atoms with Crippen LogP contribution in [-0.4, -0.2) is 18.6 Å². The van der Waals surface area contributed by atoms with Gasteiger partial charge in [0.25, 0.3) is 0 Å². The first-order valence-electron chi connectivity index (χ1n) is 7.62. The van der Waals surface area contributed by atoms with Crippen LogP contribution in [0.3, 0.4) is 0 Å². The van der Waals surface area contributed by atoms with Gasteiger partial charge >= 0.3 is 5.22 Å². The van der Waals surface area contributed by atoms with Gasteiger partial charge in [0.1, 0.15) is 0 Å². The summed E-state index contributed by atoms with van der Waals surface area (Å²) >= 11 is 0. The van der Waals surface area contributed by atoms with Crippen molar-refractivity contribution in [3.8, 4) is 0 Å². The summed E-state index contributed by atoms with van der Waals surface area (Å²) in [6.45, 7) is 7.76. The molecule has 23 heavy (non-hydrogen) atoms. The zero-order valence-corrected chi connectivity index (χ0v) is 14.7. The minimum Gasteiger partial charge on any atom is -0.411 e. The van der Waals surface area contributed by atoms with Crippen molar-refractivity contribution in [2.45, 2.75) is 51.1 Å². The largest absolute Gasteiger partial charge is 0.411 e. The maximum absolute atomic E-state index is 12.5. The maximum Gasteiger partial charge on any atom is 0.335 e. The van der Waals surface area contributed by atoms with Gasteiger partial charge in [-0.05, 0) is 30.9 Å². The Bertz CT molecular complexity index is 784. The fourth-order valence-electron chi connectivity index (χ4n) is 2.20. The Hall–Kier alpha value is -1.73. The summed E-state index contributed by atoms with van der Waals surface area (Å²) in [6.07, 6.45) is 0.841. The van der Waals surface area contributed by atoms with Crippen molar-refractivity contribution >= 4 is 9.84 Å². The third-order valence-corrected chi connectivity index (χ3v) is 5.47. The first-order valence-corrected chi connectivity index (χ1v) is 9.27. The van der Waals surface area contributed by atoms with Crippen molar-refractivity contribution in [2.75, 3.05) is 0 Å². The van der Waals surface area contributed by atoms with Crippen molar-refractivity contribution < 1.29 is 12.8 Å². The lowest BCUT2D eigenvalue weighted by Gasteiger charge is -2.13. The third-order valence-electron chi connectivity index (χ3n) is 4.08. The average molecular weight is 337 g/mol. The van der Waals surface area contributed by atoms with Crippen LogP contribution in [0, 0.1) is 19.8 Å². The minimum atomic E-state index is -3.69. The van der Waals surface area contributed by atoms with E-state index >= 15 is 0 Å². The fraction of sp³-hybridized carbons (Fsp3) is 0.500. The molecule has 7 heteroatoms. The normalized spacial score (nSPS) is 14.7. The molecular formula is C16H23N3O3S. The highest BCUT2D eigenvalue weighted by molar-refractivity contribution is 7.90. The number of nitrogens with zero attached hydrogens (tertiary/aromatic N) is 2. The van der Waals surface area contributed by atoms with Crippen LogP contribution in [0.25, 0.3) is 0 Å². The van der Waals surface area contributed by atoms with Gasteiger partial charge in [0.2, 0.25) is 15.7 Å². The van der Waals surface area contributed by atoms with Crippen LogP contribution in [0.15, 0.2) is 27.8 Å². The Morgan fingerprint density at radius 1 is 1.26 bits per heavy atom. The highest BCUT2D eigenvalue weighted by Crippen LogP contribution is 2.24. The van der Waals surface area contributed by atoms with E-state index in [1.165, 1.54) is 0 Å². The van der Waals surface area contributed by atoms with Crippen molar-refractivity contribution in [1.29, 1.82) is 0 Å². The van der Waals surface area contributed by atoms with Gasteiger partial charge in [-0.15, -0.1) is 5.10 Å². The molecule has 1 aromatic heterocycles. The smallest absolute Gasteiger partial charge is 0.335 e. The van der Waals surface area contributed by atoms with Gasteiger partial charge in [-0.3, -0.25) is 0 Å². The summed E-state index contributed by atoms with van der Waals surface area (Å²) in [5, 5.41) is 7.13. The van der Waals surface area contributed by atoms with Crippen LogP contribution in [0.5, 0.6) is 0 Å². The number of rotatable bonds is 6. The molecule has 0 saturated carbocycles. The first kappa shape index (κ1) is 17.6. The van der Waals surface area contributed by atoms with E-state index in [0.29, 0.717) is 0 Å². The molecule has 6 nitrogen and oxygen atoms in total. The predicted molar refractivity (Wildman–Crippen MR) is 87.5 cm³/mol. The van der Waals surface area contributed by atoms with Crippen LogP contribution in [0.4, 0.5) is 0 Å². The lowest BCUT2D eigenvalue weighted by atomic mass is 10.0. The zero-order chi connectivity index (χ0) is 17.2. The molecule has 0 fully saturated rings. The van der Waals surface area contributed by atoms with E-state index in [9.17, 15) is 8.42 Å². The second-order valence-corrected chi connectivity index (χ2v) is 7.87. The standard InChI is InChI=1S/C16H23N3O3S/c1-5-11(3)14(17)15-18-19-16(22-15)23(20,21)9-13-8-10(2)6-7-12(13)4/h6-8,11,14H,5,9,17H2,1-4H3. The Morgan fingerprint density at radius 3 is 2.61 bits per heavy atom. The van der Waals surface area contributed by atoms with E-state index in [0.717, 1.165) is 23.1 Å². The summed E-state index contributed by atoms with van der Waals surface area (Å²) in [6, 6.07) is 5.24. The van der Waals surface area contributed by atoms with Crippen molar-refractivity contribution in [2.24, 2.45) is 11.7 Å². The molecule has 0 radical (unpaired) electrons. The van der Waals surface area contributed by atoms with Crippen molar-refractivity contribution in [1.82, 2.24) is 10.2 Å². The van der Waals surface area contributed by atoms with Crippen molar-refractivity contribution in [3.05, 3.63) is 40.8 Å². The molecular weight excluding hydrogens is 314 g/mol. The number of sulfone groups is 1. The Kier molecular flexibility index (Phi) is 5.21. The first-order chi connectivity index (χ1) is 10.7. The van der Waals surface area contributed by atoms with Crippen LogP contribution in [0.1, 0.15) is 48.9 Å². The molecule has 0 amide bonds. The number of aromatic nitrogens is 2. The van der Waals surface area contributed by atoms with Gasteiger partial charge in [-0.1, -0.05) is 49.1 Å². The van der Waals surface area contributed by atoms with E-state index < -0.39 is 15.9 Å². The maximum atomic E-state index is 12.5. The summed E-state index contributed by atoms with van der Waals surface area (Å²) in [5.41, 5.74) is 8.66. The summed E-state index contributed by atoms with van der Waals surface area (Å²) in [4.78, 5) is 0. The van der Waals surface area contributed by atoms with Gasteiger partial charge in [0.05, 0.1) is 11.8 Å². The molecule has 2 unspecified atom stereocenters. The molecule has 1 heterocycles. The molecule has 1 aromatic carbocycles. The molecule has 0 bridgehead atoms. The molecule has 0 saturated heterocycles. The second kappa shape index (κ2) is 6.80. The van der Waals surface area contributed by atoms with Gasteiger partial charge in [-0.25, -0.2) is 8.42 Å². The van der Waals surface area contributed by atoms with Crippen LogP contribution in [-0.2, 0) is 15.6 Å². The highest BCUT2D eigenvalue weighted by Gasteiger charge is 2.27. The number of hydrogen-bond donors (Lipinski definition) is 1. The molecule has 2 aromatic rings. The van der Waals surface area contributed by atoms with E-state index in [1.807, 2.05) is 45.9 Å². The monoisotopic (exact) mass is 337 g/mol. The number of hydrogen-bond acceptors (Lipinski definition) is 6. The molecule has 0 aliphatic carbocycles. The molecule has 126 valence electrons. The van der Waals surface area contributed by atoms with Gasteiger partial charge in [-0.2, -0.15) is 0 Å². The molecule has 2 atom stereocenters. The molecule has 2 rings (SSSR count). The minimum absolute atomic E-state index is 0.130. The van der Waals surface area contributed by atoms with E-state index in [4.69, 9.17) is 10.2 Å². The average Bonchev–Trinajstić information content (AvgIpc) is 3.00. The van der Waals surface area contributed by atoms with E-state index in [-0.39, 0.29) is 22.8 Å². The molecule has 0 spiro atoms. The summed E-state index contributed by atoms with van der Waals surface area (Å²) < 4.78 is 30.3. The zero-order valence-electron chi connectivity index (χ0n) is 13.9. The van der Waals surface area contributed by atoms with Gasteiger partial charge < -0.3 is 10.2 Å². The van der Waals surface area contributed by atoms with Crippen LogP contribution >= 0.6 is 0 Å².